The third-order valence-electron chi connectivity index (χ3n) is 3.51. The Kier molecular flexibility index (Phi) is 4.24. The molecule has 0 aliphatic carbocycles. The van der Waals surface area contributed by atoms with Crippen molar-refractivity contribution < 1.29 is 0 Å². The van der Waals surface area contributed by atoms with Crippen molar-refractivity contribution in [1.29, 1.82) is 5.26 Å². The van der Waals surface area contributed by atoms with E-state index in [1.165, 1.54) is 0 Å². The first kappa shape index (κ1) is 14.7. The second-order valence-corrected chi connectivity index (χ2v) is 6.51. The first-order valence-corrected chi connectivity index (χ1v) is 7.66. The van der Waals surface area contributed by atoms with Crippen molar-refractivity contribution in [1.82, 2.24) is 9.55 Å². The summed E-state index contributed by atoms with van der Waals surface area (Å²) in [6, 6.07) is 2.13. The van der Waals surface area contributed by atoms with Crippen LogP contribution in [0.5, 0.6) is 0 Å². The molecule has 106 valence electrons. The number of hydrogen-bond donors (Lipinski definition) is 0. The molecular weight excluding hydrogens is 270 g/mol. The molecule has 0 atom stereocenters. The summed E-state index contributed by atoms with van der Waals surface area (Å²) in [5.41, 5.74) is 1.07. The van der Waals surface area contributed by atoms with E-state index in [1.807, 2.05) is 27.7 Å². The van der Waals surface area contributed by atoms with Gasteiger partial charge in [-0.1, -0.05) is 13.8 Å². The molecule has 0 aromatic carbocycles. The summed E-state index contributed by atoms with van der Waals surface area (Å²) in [4.78, 5) is 19.4. The maximum absolute atomic E-state index is 12.7. The van der Waals surface area contributed by atoms with Gasteiger partial charge >= 0.3 is 0 Å². The Morgan fingerprint density at radius 2 is 2.10 bits per heavy atom. The van der Waals surface area contributed by atoms with Crippen LogP contribution in [0.3, 0.4) is 0 Å². The number of unbranched alkanes of at least 4 members (excludes halogenated alkanes) is 1. The van der Waals surface area contributed by atoms with Crippen LogP contribution >= 0.6 is 11.3 Å². The van der Waals surface area contributed by atoms with Gasteiger partial charge < -0.3 is 0 Å². The van der Waals surface area contributed by atoms with Gasteiger partial charge in [-0.15, -0.1) is 11.3 Å². The average molecular weight is 289 g/mol. The van der Waals surface area contributed by atoms with Gasteiger partial charge in [-0.05, 0) is 25.8 Å². The van der Waals surface area contributed by atoms with Gasteiger partial charge in [-0.3, -0.25) is 9.36 Å². The standard InChI is InChI=1S/C15H19N3OS/c1-9(2)13-17-14-12(10(3)11(4)20-14)15(19)18(13)8-6-5-7-16/h9H,5-6,8H2,1-4H3. The van der Waals surface area contributed by atoms with Crippen LogP contribution in [0.4, 0.5) is 0 Å². The number of fused-ring (bicyclic) bond motifs is 1. The molecule has 2 heterocycles. The van der Waals surface area contributed by atoms with Gasteiger partial charge in [0.1, 0.15) is 10.7 Å². The van der Waals surface area contributed by atoms with E-state index in [2.05, 4.69) is 6.07 Å². The van der Waals surface area contributed by atoms with Crippen LogP contribution in [0.2, 0.25) is 0 Å². The maximum atomic E-state index is 12.7. The summed E-state index contributed by atoms with van der Waals surface area (Å²) in [6.45, 7) is 8.66. The molecule has 0 unspecified atom stereocenters. The van der Waals surface area contributed by atoms with Crippen molar-refractivity contribution in [3.8, 4) is 6.07 Å². The molecule has 0 aliphatic rings. The third kappa shape index (κ3) is 2.48. The highest BCUT2D eigenvalue weighted by Gasteiger charge is 2.17. The van der Waals surface area contributed by atoms with Crippen molar-refractivity contribution in [2.24, 2.45) is 0 Å². The number of hydrogen-bond acceptors (Lipinski definition) is 4. The lowest BCUT2D eigenvalue weighted by atomic mass is 10.1. The fraction of sp³-hybridized carbons (Fsp3) is 0.533. The molecule has 2 aromatic rings. The van der Waals surface area contributed by atoms with Gasteiger partial charge in [0.2, 0.25) is 0 Å². The number of rotatable bonds is 4. The van der Waals surface area contributed by atoms with Gasteiger partial charge in [0, 0.05) is 23.8 Å². The van der Waals surface area contributed by atoms with E-state index in [0.717, 1.165) is 26.5 Å². The minimum atomic E-state index is 0.0403. The number of nitrogens with zero attached hydrogens (tertiary/aromatic N) is 3. The Hall–Kier alpha value is -1.67. The normalized spacial score (nSPS) is 11.2. The van der Waals surface area contributed by atoms with Crippen LogP contribution in [0.25, 0.3) is 10.2 Å². The summed E-state index contributed by atoms with van der Waals surface area (Å²) >= 11 is 1.58. The quantitative estimate of drug-likeness (QED) is 0.809. The lowest BCUT2D eigenvalue weighted by molar-refractivity contribution is 0.568. The second-order valence-electron chi connectivity index (χ2n) is 5.31. The van der Waals surface area contributed by atoms with Crippen LogP contribution < -0.4 is 5.56 Å². The molecule has 2 rings (SSSR count). The predicted molar refractivity (Wildman–Crippen MR) is 82.3 cm³/mol. The maximum Gasteiger partial charge on any atom is 0.262 e. The summed E-state index contributed by atoms with van der Waals surface area (Å²) in [5.74, 6) is 1.01. The van der Waals surface area contributed by atoms with E-state index < -0.39 is 0 Å². The highest BCUT2D eigenvalue weighted by Crippen LogP contribution is 2.27. The van der Waals surface area contributed by atoms with E-state index >= 15 is 0 Å². The van der Waals surface area contributed by atoms with Crippen molar-refractivity contribution in [2.45, 2.75) is 53.0 Å². The lowest BCUT2D eigenvalue weighted by Crippen LogP contribution is -2.26. The molecule has 0 saturated carbocycles. The highest BCUT2D eigenvalue weighted by atomic mass is 32.1. The highest BCUT2D eigenvalue weighted by molar-refractivity contribution is 7.18. The molecule has 2 aromatic heterocycles. The SMILES string of the molecule is Cc1sc2nc(C(C)C)n(CCCC#N)c(=O)c2c1C. The topological polar surface area (TPSA) is 58.7 Å². The summed E-state index contributed by atoms with van der Waals surface area (Å²) in [5, 5.41) is 9.40. The van der Waals surface area contributed by atoms with Gasteiger partial charge in [0.15, 0.2) is 0 Å². The van der Waals surface area contributed by atoms with Gasteiger partial charge in [0.05, 0.1) is 11.5 Å². The zero-order valence-corrected chi connectivity index (χ0v) is 13.2. The molecule has 0 amide bonds. The van der Waals surface area contributed by atoms with Gasteiger partial charge in [-0.2, -0.15) is 5.26 Å². The van der Waals surface area contributed by atoms with Crippen LogP contribution in [-0.4, -0.2) is 9.55 Å². The Bertz CT molecular complexity index is 734. The van der Waals surface area contributed by atoms with E-state index in [4.69, 9.17) is 10.2 Å². The molecule has 0 fully saturated rings. The third-order valence-corrected chi connectivity index (χ3v) is 4.61. The predicted octanol–water partition coefficient (Wildman–Crippen LogP) is 3.50. The van der Waals surface area contributed by atoms with Crippen LogP contribution in [0, 0.1) is 25.2 Å². The van der Waals surface area contributed by atoms with E-state index in [9.17, 15) is 4.79 Å². The molecule has 0 radical (unpaired) electrons. The molecule has 0 N–H and O–H groups in total. The van der Waals surface area contributed by atoms with Crippen molar-refractivity contribution >= 4 is 21.6 Å². The molecule has 4 nitrogen and oxygen atoms in total. The number of aromatic nitrogens is 2. The molecule has 0 bridgehead atoms. The number of nitriles is 1. The van der Waals surface area contributed by atoms with Crippen LogP contribution in [0.15, 0.2) is 4.79 Å². The minimum Gasteiger partial charge on any atom is -0.296 e. The van der Waals surface area contributed by atoms with Crippen molar-refractivity contribution in [3.05, 3.63) is 26.6 Å². The minimum absolute atomic E-state index is 0.0403. The van der Waals surface area contributed by atoms with Crippen LogP contribution in [0.1, 0.15) is 48.9 Å². The Morgan fingerprint density at radius 1 is 1.40 bits per heavy atom. The number of aryl methyl sites for hydroxylation is 2. The summed E-state index contributed by atoms with van der Waals surface area (Å²) in [6.07, 6.45) is 1.15. The average Bonchev–Trinajstić information content (AvgIpc) is 2.67. The Morgan fingerprint density at radius 3 is 2.70 bits per heavy atom. The first-order valence-electron chi connectivity index (χ1n) is 6.84. The molecule has 20 heavy (non-hydrogen) atoms. The summed E-state index contributed by atoms with van der Waals surface area (Å²) < 4.78 is 1.75. The second kappa shape index (κ2) is 5.76. The zero-order chi connectivity index (χ0) is 14.9. The Balaban J connectivity index is 2.66. The van der Waals surface area contributed by atoms with E-state index in [-0.39, 0.29) is 11.5 Å². The molecule has 0 saturated heterocycles. The van der Waals surface area contributed by atoms with Gasteiger partial charge in [0.25, 0.3) is 5.56 Å². The van der Waals surface area contributed by atoms with Crippen LogP contribution in [-0.2, 0) is 6.54 Å². The zero-order valence-electron chi connectivity index (χ0n) is 12.4. The molecular formula is C15H19N3OS. The number of thiophene rings is 1. The molecule has 5 heteroatoms. The van der Waals surface area contributed by atoms with E-state index in [1.54, 1.807) is 15.9 Å². The van der Waals surface area contributed by atoms with Crippen molar-refractivity contribution in [3.63, 3.8) is 0 Å². The largest absolute Gasteiger partial charge is 0.296 e. The van der Waals surface area contributed by atoms with Crippen molar-refractivity contribution in [2.75, 3.05) is 0 Å². The lowest BCUT2D eigenvalue weighted by Gasteiger charge is -2.14. The molecule has 0 aliphatic heterocycles. The first-order chi connectivity index (χ1) is 9.47. The monoisotopic (exact) mass is 289 g/mol. The summed E-state index contributed by atoms with van der Waals surface area (Å²) in [7, 11) is 0. The smallest absolute Gasteiger partial charge is 0.262 e. The Labute approximate surface area is 122 Å². The fourth-order valence-electron chi connectivity index (χ4n) is 2.32. The van der Waals surface area contributed by atoms with Gasteiger partial charge in [-0.25, -0.2) is 4.98 Å². The molecule has 0 spiro atoms. The van der Waals surface area contributed by atoms with E-state index in [0.29, 0.717) is 19.4 Å². The fourth-order valence-corrected chi connectivity index (χ4v) is 3.34.